The highest BCUT2D eigenvalue weighted by atomic mass is 35.5. The van der Waals surface area contributed by atoms with Crippen molar-refractivity contribution in [2.75, 3.05) is 5.32 Å². The van der Waals surface area contributed by atoms with Crippen molar-refractivity contribution in [3.05, 3.63) is 82.5 Å². The number of aromatic nitrogens is 2. The summed E-state index contributed by atoms with van der Waals surface area (Å²) < 4.78 is 1.58. The molecule has 5 nitrogen and oxygen atoms in total. The first-order chi connectivity index (χ1) is 11.5. The monoisotopic (exact) mass is 339 g/mol. The number of ketones is 1. The van der Waals surface area contributed by atoms with E-state index in [0.717, 1.165) is 0 Å². The number of rotatable bonds is 4. The first kappa shape index (κ1) is 16.0. The highest BCUT2D eigenvalue weighted by molar-refractivity contribution is 6.30. The van der Waals surface area contributed by atoms with Crippen LogP contribution in [0.4, 0.5) is 5.82 Å². The molecule has 0 aliphatic heterocycles. The molecule has 2 aromatic carbocycles. The van der Waals surface area contributed by atoms with Gasteiger partial charge in [0.2, 0.25) is 0 Å². The van der Waals surface area contributed by atoms with E-state index in [1.54, 1.807) is 72.5 Å². The largest absolute Gasteiger partial charge is 0.305 e. The van der Waals surface area contributed by atoms with Crippen LogP contribution in [0, 0.1) is 0 Å². The molecule has 0 atom stereocenters. The van der Waals surface area contributed by atoms with Crippen molar-refractivity contribution in [2.24, 2.45) is 7.05 Å². The fourth-order valence-corrected chi connectivity index (χ4v) is 2.43. The zero-order valence-electron chi connectivity index (χ0n) is 12.9. The van der Waals surface area contributed by atoms with Gasteiger partial charge in [-0.25, -0.2) is 0 Å². The Morgan fingerprint density at radius 3 is 2.29 bits per heavy atom. The van der Waals surface area contributed by atoms with E-state index in [9.17, 15) is 9.59 Å². The van der Waals surface area contributed by atoms with E-state index in [1.807, 2.05) is 0 Å². The molecule has 1 amide bonds. The maximum absolute atomic E-state index is 12.7. The molecule has 1 heterocycles. The lowest BCUT2D eigenvalue weighted by molar-refractivity contribution is 0.0996. The fourth-order valence-electron chi connectivity index (χ4n) is 2.30. The van der Waals surface area contributed by atoms with Crippen LogP contribution in [0.1, 0.15) is 26.3 Å². The SMILES string of the molecule is Cn1ccc(NC(=O)c2ccccc2C(=O)c2ccc(Cl)cc2)n1. The van der Waals surface area contributed by atoms with Crippen molar-refractivity contribution in [1.29, 1.82) is 0 Å². The number of nitrogens with one attached hydrogen (secondary N) is 1. The summed E-state index contributed by atoms with van der Waals surface area (Å²) in [6, 6.07) is 14.9. The molecule has 0 aliphatic rings. The third-order valence-corrected chi connectivity index (χ3v) is 3.73. The third kappa shape index (κ3) is 3.36. The summed E-state index contributed by atoms with van der Waals surface area (Å²) in [6.45, 7) is 0. The normalized spacial score (nSPS) is 10.4. The van der Waals surface area contributed by atoms with Crippen LogP contribution < -0.4 is 5.32 Å². The Kier molecular flexibility index (Phi) is 4.44. The number of carbonyl (C=O) groups is 2. The van der Waals surface area contributed by atoms with E-state index in [4.69, 9.17) is 11.6 Å². The van der Waals surface area contributed by atoms with Gasteiger partial charge in [0.25, 0.3) is 5.91 Å². The first-order valence-corrected chi connectivity index (χ1v) is 7.62. The van der Waals surface area contributed by atoms with Crippen molar-refractivity contribution >= 4 is 29.1 Å². The van der Waals surface area contributed by atoms with Crippen molar-refractivity contribution < 1.29 is 9.59 Å². The molecule has 3 rings (SSSR count). The number of benzene rings is 2. The van der Waals surface area contributed by atoms with Crippen LogP contribution in [-0.2, 0) is 7.05 Å². The lowest BCUT2D eigenvalue weighted by atomic mass is 9.98. The molecule has 24 heavy (non-hydrogen) atoms. The molecule has 0 spiro atoms. The first-order valence-electron chi connectivity index (χ1n) is 7.25. The summed E-state index contributed by atoms with van der Waals surface area (Å²) >= 11 is 5.85. The van der Waals surface area contributed by atoms with Gasteiger partial charge in [0.1, 0.15) is 0 Å². The Morgan fingerprint density at radius 1 is 1.00 bits per heavy atom. The van der Waals surface area contributed by atoms with Crippen LogP contribution in [0.25, 0.3) is 0 Å². The Balaban J connectivity index is 1.91. The molecule has 0 radical (unpaired) electrons. The van der Waals surface area contributed by atoms with E-state index in [2.05, 4.69) is 10.4 Å². The lowest BCUT2D eigenvalue weighted by Gasteiger charge is -2.08. The second-order valence-corrected chi connectivity index (χ2v) is 5.65. The fraction of sp³-hybridized carbons (Fsp3) is 0.0556. The predicted octanol–water partition coefficient (Wildman–Crippen LogP) is 3.56. The standard InChI is InChI=1S/C18H14ClN3O2/c1-22-11-10-16(21-22)20-18(24)15-5-3-2-4-14(15)17(23)12-6-8-13(19)9-7-12/h2-11H,1H3,(H,20,21,24). The number of nitrogens with zero attached hydrogens (tertiary/aromatic N) is 2. The highest BCUT2D eigenvalue weighted by Crippen LogP contribution is 2.18. The van der Waals surface area contributed by atoms with Gasteiger partial charge < -0.3 is 5.32 Å². The second kappa shape index (κ2) is 6.68. The Hall–Kier alpha value is -2.92. The molecule has 3 aromatic rings. The molecule has 0 saturated carbocycles. The summed E-state index contributed by atoms with van der Waals surface area (Å²) in [5.74, 6) is -0.193. The summed E-state index contributed by atoms with van der Waals surface area (Å²) in [6.07, 6.45) is 1.72. The molecule has 0 saturated heterocycles. The average Bonchev–Trinajstić information content (AvgIpc) is 3.00. The van der Waals surface area contributed by atoms with Crippen LogP contribution >= 0.6 is 11.6 Å². The Bertz CT molecular complexity index is 901. The molecule has 0 unspecified atom stereocenters. The smallest absolute Gasteiger partial charge is 0.257 e. The van der Waals surface area contributed by atoms with Crippen molar-refractivity contribution in [1.82, 2.24) is 9.78 Å². The number of hydrogen-bond donors (Lipinski definition) is 1. The summed E-state index contributed by atoms with van der Waals surface area (Å²) in [7, 11) is 1.76. The maximum atomic E-state index is 12.7. The predicted molar refractivity (Wildman–Crippen MR) is 92.5 cm³/mol. The van der Waals surface area contributed by atoms with Gasteiger partial charge in [-0.1, -0.05) is 29.8 Å². The summed E-state index contributed by atoms with van der Waals surface area (Å²) in [5.41, 5.74) is 1.09. The molecule has 6 heteroatoms. The molecule has 0 aliphatic carbocycles. The van der Waals surface area contributed by atoms with Crippen LogP contribution in [0.3, 0.4) is 0 Å². The Labute approximate surface area is 143 Å². The number of carbonyl (C=O) groups excluding carboxylic acids is 2. The van der Waals surface area contributed by atoms with E-state index in [-0.39, 0.29) is 11.7 Å². The molecule has 0 bridgehead atoms. The number of amides is 1. The maximum Gasteiger partial charge on any atom is 0.257 e. The highest BCUT2D eigenvalue weighted by Gasteiger charge is 2.18. The molecule has 0 fully saturated rings. The van der Waals surface area contributed by atoms with E-state index < -0.39 is 0 Å². The molecule has 120 valence electrons. The van der Waals surface area contributed by atoms with Gasteiger partial charge >= 0.3 is 0 Å². The molecule has 1 aromatic heterocycles. The topological polar surface area (TPSA) is 64.0 Å². The van der Waals surface area contributed by atoms with Gasteiger partial charge in [0.05, 0.1) is 5.56 Å². The number of halogens is 1. The molecule has 1 N–H and O–H groups in total. The minimum atomic E-state index is -0.383. The van der Waals surface area contributed by atoms with Crippen molar-refractivity contribution in [3.63, 3.8) is 0 Å². The van der Waals surface area contributed by atoms with Crippen LogP contribution in [0.15, 0.2) is 60.8 Å². The number of aryl methyl sites for hydroxylation is 1. The lowest BCUT2D eigenvalue weighted by Crippen LogP contribution is -2.17. The molecular formula is C18H14ClN3O2. The summed E-state index contributed by atoms with van der Waals surface area (Å²) in [5, 5.41) is 7.34. The van der Waals surface area contributed by atoms with E-state index in [1.165, 1.54) is 0 Å². The van der Waals surface area contributed by atoms with Crippen molar-refractivity contribution in [3.8, 4) is 0 Å². The zero-order chi connectivity index (χ0) is 17.1. The van der Waals surface area contributed by atoms with E-state index >= 15 is 0 Å². The zero-order valence-corrected chi connectivity index (χ0v) is 13.6. The second-order valence-electron chi connectivity index (χ2n) is 5.21. The number of hydrogen-bond acceptors (Lipinski definition) is 3. The van der Waals surface area contributed by atoms with Gasteiger partial charge in [-0.05, 0) is 30.3 Å². The molecular weight excluding hydrogens is 326 g/mol. The van der Waals surface area contributed by atoms with Gasteiger partial charge in [-0.3, -0.25) is 14.3 Å². The minimum absolute atomic E-state index is 0.238. The number of anilines is 1. The van der Waals surface area contributed by atoms with Gasteiger partial charge in [-0.15, -0.1) is 0 Å². The van der Waals surface area contributed by atoms with E-state index in [0.29, 0.717) is 27.5 Å². The van der Waals surface area contributed by atoms with Gasteiger partial charge in [-0.2, -0.15) is 5.10 Å². The van der Waals surface area contributed by atoms with Crippen molar-refractivity contribution in [2.45, 2.75) is 0 Å². The minimum Gasteiger partial charge on any atom is -0.305 e. The van der Waals surface area contributed by atoms with Crippen LogP contribution in [0.5, 0.6) is 0 Å². The average molecular weight is 340 g/mol. The van der Waals surface area contributed by atoms with Crippen LogP contribution in [-0.4, -0.2) is 21.5 Å². The van der Waals surface area contributed by atoms with Gasteiger partial charge in [0.15, 0.2) is 11.6 Å². The third-order valence-electron chi connectivity index (χ3n) is 3.48. The summed E-state index contributed by atoms with van der Waals surface area (Å²) in [4.78, 5) is 25.2. The Morgan fingerprint density at radius 2 is 1.67 bits per heavy atom. The quantitative estimate of drug-likeness (QED) is 0.739. The van der Waals surface area contributed by atoms with Gasteiger partial charge in [0, 0.05) is 35.5 Å². The van der Waals surface area contributed by atoms with Crippen LogP contribution in [0.2, 0.25) is 5.02 Å².